The number of methoxy groups -OCH3 is 1. The van der Waals surface area contributed by atoms with Crippen LogP contribution in [0.3, 0.4) is 0 Å². The minimum absolute atomic E-state index is 0.291. The molecule has 94 valence electrons. The van der Waals surface area contributed by atoms with Crippen LogP contribution in [-0.4, -0.2) is 29.8 Å². The van der Waals surface area contributed by atoms with E-state index in [1.54, 1.807) is 20.8 Å². The van der Waals surface area contributed by atoms with Crippen LogP contribution in [-0.2, 0) is 9.47 Å². The van der Waals surface area contributed by atoms with Crippen LogP contribution in [0.25, 0.3) is 0 Å². The van der Waals surface area contributed by atoms with E-state index in [1.165, 1.54) is 13.3 Å². The second kappa shape index (κ2) is 5.13. The van der Waals surface area contributed by atoms with E-state index in [2.05, 4.69) is 15.0 Å². The van der Waals surface area contributed by atoms with Gasteiger partial charge in [-0.1, -0.05) is 11.3 Å². The van der Waals surface area contributed by atoms with Gasteiger partial charge in [-0.3, -0.25) is 5.32 Å². The summed E-state index contributed by atoms with van der Waals surface area (Å²) in [7, 11) is 1.28. The summed E-state index contributed by atoms with van der Waals surface area (Å²) in [6, 6.07) is 0. The Bertz CT molecular complexity index is 422. The Balaban J connectivity index is 2.61. The maximum atomic E-state index is 11.4. The maximum absolute atomic E-state index is 11.4. The number of aromatic nitrogens is 1. The number of esters is 1. The summed E-state index contributed by atoms with van der Waals surface area (Å²) in [6.07, 6.45) is 0.728. The van der Waals surface area contributed by atoms with E-state index < -0.39 is 17.7 Å². The van der Waals surface area contributed by atoms with Gasteiger partial charge < -0.3 is 9.47 Å². The first-order chi connectivity index (χ1) is 7.81. The molecule has 0 saturated carbocycles. The smallest absolute Gasteiger partial charge is 0.413 e. The fourth-order valence-electron chi connectivity index (χ4n) is 0.918. The highest BCUT2D eigenvalue weighted by Crippen LogP contribution is 2.19. The van der Waals surface area contributed by atoms with Crippen molar-refractivity contribution in [2.75, 3.05) is 12.4 Å². The molecule has 1 N–H and O–H groups in total. The van der Waals surface area contributed by atoms with E-state index in [1.807, 2.05) is 0 Å². The topological polar surface area (TPSA) is 77.5 Å². The second-order valence-electron chi connectivity index (χ2n) is 4.15. The normalized spacial score (nSPS) is 10.8. The Kier molecular flexibility index (Phi) is 4.06. The van der Waals surface area contributed by atoms with Crippen LogP contribution in [0.5, 0.6) is 0 Å². The predicted octanol–water partition coefficient (Wildman–Crippen LogP) is 2.28. The van der Waals surface area contributed by atoms with Gasteiger partial charge in [0.15, 0.2) is 5.13 Å². The molecule has 1 aromatic heterocycles. The summed E-state index contributed by atoms with van der Waals surface area (Å²) < 4.78 is 9.56. The molecule has 0 radical (unpaired) electrons. The molecule has 6 nitrogen and oxygen atoms in total. The number of anilines is 1. The SMILES string of the molecule is COC(=O)c1cnc(NC(=O)OC(C)(C)C)s1. The molecular formula is C10H14N2O4S. The van der Waals surface area contributed by atoms with Gasteiger partial charge in [-0.05, 0) is 20.8 Å². The predicted molar refractivity (Wildman–Crippen MR) is 63.3 cm³/mol. The lowest BCUT2D eigenvalue weighted by Crippen LogP contribution is -2.27. The van der Waals surface area contributed by atoms with Gasteiger partial charge in [0.25, 0.3) is 0 Å². The zero-order valence-electron chi connectivity index (χ0n) is 10.1. The highest BCUT2D eigenvalue weighted by atomic mass is 32.1. The number of carbonyl (C=O) groups excluding carboxylic acids is 2. The molecule has 0 saturated heterocycles. The molecule has 1 amide bonds. The molecule has 1 aromatic rings. The molecule has 0 fully saturated rings. The van der Waals surface area contributed by atoms with Crippen molar-refractivity contribution < 1.29 is 19.1 Å². The molecule has 1 heterocycles. The van der Waals surface area contributed by atoms with E-state index in [4.69, 9.17) is 4.74 Å². The van der Waals surface area contributed by atoms with Crippen molar-refractivity contribution in [1.29, 1.82) is 0 Å². The fourth-order valence-corrected chi connectivity index (χ4v) is 1.64. The van der Waals surface area contributed by atoms with Crippen LogP contribution >= 0.6 is 11.3 Å². The standard InChI is InChI=1S/C10H14N2O4S/c1-10(2,3)16-9(14)12-8-11-5-6(17-8)7(13)15-4/h5H,1-4H3,(H,11,12,14). The van der Waals surface area contributed by atoms with E-state index >= 15 is 0 Å². The average molecular weight is 258 g/mol. The second-order valence-corrected chi connectivity index (χ2v) is 5.18. The van der Waals surface area contributed by atoms with Crippen LogP contribution in [0, 0.1) is 0 Å². The zero-order chi connectivity index (χ0) is 13.1. The van der Waals surface area contributed by atoms with Gasteiger partial charge in [0.2, 0.25) is 0 Å². The molecule has 0 aliphatic heterocycles. The third kappa shape index (κ3) is 4.39. The molecular weight excluding hydrogens is 244 g/mol. The van der Waals surface area contributed by atoms with Crippen LogP contribution in [0.15, 0.2) is 6.20 Å². The lowest BCUT2D eigenvalue weighted by Gasteiger charge is -2.18. The van der Waals surface area contributed by atoms with Gasteiger partial charge in [0.1, 0.15) is 10.5 Å². The van der Waals surface area contributed by atoms with Crippen molar-refractivity contribution in [3.05, 3.63) is 11.1 Å². The quantitative estimate of drug-likeness (QED) is 0.823. The highest BCUT2D eigenvalue weighted by molar-refractivity contribution is 7.17. The summed E-state index contributed by atoms with van der Waals surface area (Å²) in [5, 5.41) is 2.73. The van der Waals surface area contributed by atoms with Crippen LogP contribution < -0.4 is 5.32 Å². The zero-order valence-corrected chi connectivity index (χ0v) is 10.9. The molecule has 0 aliphatic carbocycles. The van der Waals surface area contributed by atoms with Crippen LogP contribution in [0.4, 0.5) is 9.93 Å². The van der Waals surface area contributed by atoms with Gasteiger partial charge in [-0.25, -0.2) is 14.6 Å². The molecule has 0 atom stereocenters. The van der Waals surface area contributed by atoms with E-state index in [0.29, 0.717) is 10.0 Å². The number of carbonyl (C=O) groups is 2. The largest absolute Gasteiger partial charge is 0.465 e. The number of nitrogens with zero attached hydrogens (tertiary/aromatic N) is 1. The highest BCUT2D eigenvalue weighted by Gasteiger charge is 2.18. The molecule has 0 bridgehead atoms. The first-order valence-electron chi connectivity index (χ1n) is 4.86. The number of hydrogen-bond acceptors (Lipinski definition) is 6. The van der Waals surface area contributed by atoms with E-state index in [9.17, 15) is 9.59 Å². The molecule has 17 heavy (non-hydrogen) atoms. The van der Waals surface area contributed by atoms with Crippen LogP contribution in [0.2, 0.25) is 0 Å². The summed E-state index contributed by atoms with van der Waals surface area (Å²) in [4.78, 5) is 26.7. The molecule has 0 aliphatic rings. The number of hydrogen-bond donors (Lipinski definition) is 1. The monoisotopic (exact) mass is 258 g/mol. The molecule has 7 heteroatoms. The fraction of sp³-hybridized carbons (Fsp3) is 0.500. The van der Waals surface area contributed by atoms with Crippen molar-refractivity contribution in [3.8, 4) is 0 Å². The Morgan fingerprint density at radius 1 is 1.41 bits per heavy atom. The number of nitrogens with one attached hydrogen (secondary N) is 1. The van der Waals surface area contributed by atoms with Gasteiger partial charge in [0.05, 0.1) is 13.3 Å². The Hall–Kier alpha value is -1.63. The van der Waals surface area contributed by atoms with Gasteiger partial charge in [-0.15, -0.1) is 0 Å². The van der Waals surface area contributed by atoms with Gasteiger partial charge in [0, 0.05) is 0 Å². The summed E-state index contributed by atoms with van der Waals surface area (Å²) in [5.74, 6) is -0.486. The summed E-state index contributed by atoms with van der Waals surface area (Å²) in [6.45, 7) is 5.27. The van der Waals surface area contributed by atoms with Gasteiger partial charge >= 0.3 is 12.1 Å². The van der Waals surface area contributed by atoms with E-state index in [0.717, 1.165) is 11.3 Å². The molecule has 0 aromatic carbocycles. The van der Waals surface area contributed by atoms with Gasteiger partial charge in [-0.2, -0.15) is 0 Å². The minimum Gasteiger partial charge on any atom is -0.465 e. The summed E-state index contributed by atoms with van der Waals surface area (Å²) in [5.41, 5.74) is -0.577. The third-order valence-corrected chi connectivity index (χ3v) is 2.39. The lowest BCUT2D eigenvalue weighted by molar-refractivity contribution is 0.0603. The summed E-state index contributed by atoms with van der Waals surface area (Å²) >= 11 is 1.02. The van der Waals surface area contributed by atoms with E-state index in [-0.39, 0.29) is 0 Å². The third-order valence-electron chi connectivity index (χ3n) is 1.50. The lowest BCUT2D eigenvalue weighted by atomic mass is 10.2. The first-order valence-corrected chi connectivity index (χ1v) is 5.67. The van der Waals surface area contributed by atoms with Crippen molar-refractivity contribution in [3.63, 3.8) is 0 Å². The van der Waals surface area contributed by atoms with Crippen LogP contribution in [0.1, 0.15) is 30.4 Å². The number of thiazole rings is 1. The Morgan fingerprint density at radius 3 is 2.59 bits per heavy atom. The number of amides is 1. The van der Waals surface area contributed by atoms with Crippen molar-refractivity contribution in [2.45, 2.75) is 26.4 Å². The molecule has 0 spiro atoms. The number of ether oxygens (including phenoxy) is 2. The minimum atomic E-state index is -0.608. The Morgan fingerprint density at radius 2 is 2.06 bits per heavy atom. The van der Waals surface area contributed by atoms with Crippen molar-refractivity contribution >= 4 is 28.5 Å². The maximum Gasteiger partial charge on any atom is 0.413 e. The molecule has 0 unspecified atom stereocenters. The number of rotatable bonds is 2. The van der Waals surface area contributed by atoms with Crippen molar-refractivity contribution in [1.82, 2.24) is 4.98 Å². The van der Waals surface area contributed by atoms with Crippen molar-refractivity contribution in [2.24, 2.45) is 0 Å². The molecule has 1 rings (SSSR count). The average Bonchev–Trinajstić information content (AvgIpc) is 2.62. The first kappa shape index (κ1) is 13.4. The Labute approximate surface area is 103 Å².